The summed E-state index contributed by atoms with van der Waals surface area (Å²) in [6.45, 7) is 6.96. The molecular weight excluding hydrogens is 268 g/mol. The highest BCUT2D eigenvalue weighted by Gasteiger charge is 2.32. The van der Waals surface area contributed by atoms with Gasteiger partial charge in [0.1, 0.15) is 0 Å². The van der Waals surface area contributed by atoms with Crippen molar-refractivity contribution >= 4 is 6.09 Å². The van der Waals surface area contributed by atoms with E-state index in [1.165, 1.54) is 16.0 Å². The summed E-state index contributed by atoms with van der Waals surface area (Å²) >= 11 is 0. The Morgan fingerprint density at radius 1 is 1.52 bits per heavy atom. The van der Waals surface area contributed by atoms with Gasteiger partial charge in [-0.15, -0.1) is 0 Å². The van der Waals surface area contributed by atoms with Gasteiger partial charge in [0.2, 0.25) is 0 Å². The van der Waals surface area contributed by atoms with Crippen LogP contribution >= 0.6 is 0 Å². The number of azide groups is 1. The highest BCUT2D eigenvalue weighted by atomic mass is 16.4. The molecular formula is C15H20N4O2. The number of hydrogen-bond donors (Lipinski definition) is 1. The third-order valence-corrected chi connectivity index (χ3v) is 3.90. The third kappa shape index (κ3) is 3.11. The summed E-state index contributed by atoms with van der Waals surface area (Å²) in [4.78, 5) is 15.5. The second kappa shape index (κ2) is 5.66. The monoisotopic (exact) mass is 288 g/mol. The highest BCUT2D eigenvalue weighted by Crippen LogP contribution is 2.33. The van der Waals surface area contributed by atoms with Gasteiger partial charge < -0.3 is 10.0 Å². The second-order valence-corrected chi connectivity index (χ2v) is 6.38. The Hall–Kier alpha value is -2.20. The van der Waals surface area contributed by atoms with Gasteiger partial charge in [-0.25, -0.2) is 4.79 Å². The fourth-order valence-electron chi connectivity index (χ4n) is 2.90. The number of hydrogen-bond acceptors (Lipinski definition) is 2. The van der Waals surface area contributed by atoms with Crippen LogP contribution in [0.25, 0.3) is 10.4 Å². The minimum Gasteiger partial charge on any atom is -0.465 e. The maximum atomic E-state index is 11.4. The number of benzene rings is 1. The van der Waals surface area contributed by atoms with E-state index >= 15 is 0 Å². The van der Waals surface area contributed by atoms with E-state index in [1.54, 1.807) is 0 Å². The number of nitrogens with zero attached hydrogens (tertiary/aromatic N) is 4. The lowest BCUT2D eigenvalue weighted by molar-refractivity contribution is 0.116. The third-order valence-electron chi connectivity index (χ3n) is 3.90. The number of carbonyl (C=O) groups is 1. The molecule has 0 bridgehead atoms. The molecule has 112 valence electrons. The van der Waals surface area contributed by atoms with Gasteiger partial charge >= 0.3 is 6.09 Å². The van der Waals surface area contributed by atoms with Crippen molar-refractivity contribution in [3.8, 4) is 0 Å². The van der Waals surface area contributed by atoms with E-state index in [0.717, 1.165) is 5.56 Å². The molecule has 1 heterocycles. The largest absolute Gasteiger partial charge is 0.465 e. The molecule has 1 unspecified atom stereocenters. The molecule has 0 aliphatic carbocycles. The number of rotatable bonds is 2. The van der Waals surface area contributed by atoms with Crippen LogP contribution in [0.2, 0.25) is 0 Å². The van der Waals surface area contributed by atoms with Crippen LogP contribution < -0.4 is 0 Å². The molecule has 1 N–H and O–H groups in total. The van der Waals surface area contributed by atoms with Crippen LogP contribution in [0.5, 0.6) is 0 Å². The summed E-state index contributed by atoms with van der Waals surface area (Å²) in [7, 11) is 0. The van der Waals surface area contributed by atoms with Gasteiger partial charge in [-0.1, -0.05) is 44.1 Å². The van der Waals surface area contributed by atoms with Crippen molar-refractivity contribution in [3.05, 3.63) is 45.3 Å². The molecule has 0 saturated carbocycles. The van der Waals surface area contributed by atoms with Gasteiger partial charge in [-0.2, -0.15) is 0 Å². The predicted molar refractivity (Wildman–Crippen MR) is 80.2 cm³/mol. The van der Waals surface area contributed by atoms with Crippen molar-refractivity contribution in [2.24, 2.45) is 5.11 Å². The molecule has 6 heteroatoms. The van der Waals surface area contributed by atoms with E-state index in [0.29, 0.717) is 13.0 Å². The minimum absolute atomic E-state index is 0.000215. The van der Waals surface area contributed by atoms with Crippen molar-refractivity contribution in [1.29, 1.82) is 0 Å². The lowest BCUT2D eigenvalue weighted by atomic mass is 9.79. The first-order chi connectivity index (χ1) is 9.84. The van der Waals surface area contributed by atoms with E-state index in [-0.39, 0.29) is 18.0 Å². The average molecular weight is 288 g/mol. The Bertz CT molecular complexity index is 600. The lowest BCUT2D eigenvalue weighted by Crippen LogP contribution is -2.45. The van der Waals surface area contributed by atoms with Crippen molar-refractivity contribution < 1.29 is 9.90 Å². The first kappa shape index (κ1) is 15.2. The van der Waals surface area contributed by atoms with Gasteiger partial charge in [0.25, 0.3) is 0 Å². The van der Waals surface area contributed by atoms with Crippen LogP contribution in [0.4, 0.5) is 4.79 Å². The Labute approximate surface area is 124 Å². The van der Waals surface area contributed by atoms with E-state index in [2.05, 4.69) is 36.9 Å². The number of carboxylic acid groups (broad SMARTS) is 1. The normalized spacial score (nSPS) is 17.9. The van der Waals surface area contributed by atoms with E-state index in [9.17, 15) is 9.90 Å². The molecule has 0 saturated heterocycles. The fraction of sp³-hybridized carbons (Fsp3) is 0.533. The molecule has 1 aliphatic heterocycles. The number of amides is 1. The van der Waals surface area contributed by atoms with Gasteiger partial charge in [0.15, 0.2) is 0 Å². The molecule has 1 aromatic rings. The molecule has 2 rings (SSSR count). The molecule has 0 aromatic heterocycles. The van der Waals surface area contributed by atoms with Gasteiger partial charge in [-0.3, -0.25) is 0 Å². The molecule has 21 heavy (non-hydrogen) atoms. The zero-order valence-electron chi connectivity index (χ0n) is 12.6. The molecule has 1 aliphatic rings. The van der Waals surface area contributed by atoms with E-state index in [4.69, 9.17) is 5.53 Å². The lowest BCUT2D eigenvalue weighted by Gasteiger charge is -2.37. The summed E-state index contributed by atoms with van der Waals surface area (Å²) in [6, 6.07) is 5.76. The van der Waals surface area contributed by atoms with E-state index < -0.39 is 6.09 Å². The smallest absolute Gasteiger partial charge is 0.407 e. The molecule has 0 radical (unpaired) electrons. The van der Waals surface area contributed by atoms with Crippen molar-refractivity contribution in [3.63, 3.8) is 0 Å². The summed E-state index contributed by atoms with van der Waals surface area (Å²) in [5.74, 6) is 0. The standard InChI is InChI=1S/C15H20N4O2/c1-15(2,3)13-6-4-5-10-9-19(14(20)21)11(7-12(10)13)8-17-18-16/h4-6,11H,7-9H2,1-3H3,(H,20,21). The summed E-state index contributed by atoms with van der Waals surface area (Å²) in [6.07, 6.45) is -0.381. The van der Waals surface area contributed by atoms with Gasteiger partial charge in [-0.05, 0) is 34.1 Å². The van der Waals surface area contributed by atoms with Crippen LogP contribution in [0, 0.1) is 0 Å². The predicted octanol–water partition coefficient (Wildman–Crippen LogP) is 3.70. The maximum Gasteiger partial charge on any atom is 0.407 e. The first-order valence-corrected chi connectivity index (χ1v) is 6.96. The van der Waals surface area contributed by atoms with Gasteiger partial charge in [0.05, 0.1) is 0 Å². The molecule has 0 fully saturated rings. The van der Waals surface area contributed by atoms with Crippen LogP contribution in [0.15, 0.2) is 23.3 Å². The topological polar surface area (TPSA) is 89.3 Å². The maximum absolute atomic E-state index is 11.4. The summed E-state index contributed by atoms with van der Waals surface area (Å²) < 4.78 is 0. The quantitative estimate of drug-likeness (QED) is 0.510. The average Bonchev–Trinajstić information content (AvgIpc) is 2.42. The fourth-order valence-corrected chi connectivity index (χ4v) is 2.90. The highest BCUT2D eigenvalue weighted by molar-refractivity contribution is 5.66. The van der Waals surface area contributed by atoms with Crippen molar-refractivity contribution in [2.45, 2.75) is 45.2 Å². The zero-order chi connectivity index (χ0) is 15.6. The van der Waals surface area contributed by atoms with Crippen LogP contribution in [0.1, 0.15) is 37.5 Å². The Kier molecular flexibility index (Phi) is 4.09. The van der Waals surface area contributed by atoms with Crippen LogP contribution in [-0.4, -0.2) is 28.7 Å². The molecule has 1 amide bonds. The number of fused-ring (bicyclic) bond motifs is 1. The molecule has 1 atom stereocenters. The van der Waals surface area contributed by atoms with Crippen molar-refractivity contribution in [1.82, 2.24) is 4.90 Å². The SMILES string of the molecule is CC(C)(C)c1cccc2c1CC(CN=[N+]=[N-])N(C(=O)O)C2. The Morgan fingerprint density at radius 3 is 2.81 bits per heavy atom. The second-order valence-electron chi connectivity index (χ2n) is 6.38. The van der Waals surface area contributed by atoms with Gasteiger partial charge in [0, 0.05) is 24.0 Å². The molecule has 6 nitrogen and oxygen atoms in total. The summed E-state index contributed by atoms with van der Waals surface area (Å²) in [5.41, 5.74) is 12.0. The Balaban J connectivity index is 2.44. The first-order valence-electron chi connectivity index (χ1n) is 6.96. The zero-order valence-corrected chi connectivity index (χ0v) is 12.6. The van der Waals surface area contributed by atoms with Crippen LogP contribution in [0.3, 0.4) is 0 Å². The molecule has 1 aromatic carbocycles. The summed E-state index contributed by atoms with van der Waals surface area (Å²) in [5, 5.41) is 12.9. The Morgan fingerprint density at radius 2 is 2.24 bits per heavy atom. The van der Waals surface area contributed by atoms with E-state index in [1.807, 2.05) is 12.1 Å². The van der Waals surface area contributed by atoms with Crippen molar-refractivity contribution in [2.75, 3.05) is 6.54 Å². The van der Waals surface area contributed by atoms with Crippen LogP contribution in [-0.2, 0) is 18.4 Å². The minimum atomic E-state index is -0.972. The molecule has 0 spiro atoms.